The standard InChI is InChI=1S/C19H38N4O.HI/c1-3-20-18(21-12-15-23-13-6-4-5-7-14-23)22-17-19(9-8-10-19)11-16-24-2;/h3-17H2,1-2H3,(H2,20,21,22);1H. The zero-order valence-corrected chi connectivity index (χ0v) is 18.6. The molecule has 1 saturated carbocycles. The predicted octanol–water partition coefficient (Wildman–Crippen LogP) is 3.24. The first-order valence-corrected chi connectivity index (χ1v) is 10.0. The number of rotatable bonds is 9. The van der Waals surface area contributed by atoms with Gasteiger partial charge in [0.05, 0.1) is 0 Å². The molecule has 0 amide bonds. The molecular formula is C19H39IN4O. The van der Waals surface area contributed by atoms with E-state index in [1.165, 1.54) is 58.0 Å². The van der Waals surface area contributed by atoms with E-state index in [4.69, 9.17) is 9.73 Å². The average molecular weight is 466 g/mol. The van der Waals surface area contributed by atoms with Crippen molar-refractivity contribution in [1.29, 1.82) is 0 Å². The fraction of sp³-hybridized carbons (Fsp3) is 0.947. The monoisotopic (exact) mass is 466 g/mol. The van der Waals surface area contributed by atoms with Gasteiger partial charge in [-0.1, -0.05) is 19.3 Å². The molecule has 5 nitrogen and oxygen atoms in total. The molecule has 2 aliphatic rings. The highest BCUT2D eigenvalue weighted by Crippen LogP contribution is 2.44. The zero-order chi connectivity index (χ0) is 17.1. The largest absolute Gasteiger partial charge is 0.385 e. The minimum atomic E-state index is 0. The van der Waals surface area contributed by atoms with Crippen LogP contribution in [0.4, 0.5) is 0 Å². The molecule has 2 fully saturated rings. The summed E-state index contributed by atoms with van der Waals surface area (Å²) in [5.41, 5.74) is 0.392. The van der Waals surface area contributed by atoms with Gasteiger partial charge in [0.25, 0.3) is 0 Å². The van der Waals surface area contributed by atoms with Crippen molar-refractivity contribution in [2.24, 2.45) is 10.4 Å². The summed E-state index contributed by atoms with van der Waals surface area (Å²) in [6, 6.07) is 0. The molecule has 2 rings (SSSR count). The number of likely N-dealkylation sites (tertiary alicyclic amines) is 1. The van der Waals surface area contributed by atoms with Crippen molar-refractivity contribution in [1.82, 2.24) is 15.5 Å². The second-order valence-corrected chi connectivity index (χ2v) is 7.47. The topological polar surface area (TPSA) is 48.9 Å². The van der Waals surface area contributed by atoms with Gasteiger partial charge in [-0.2, -0.15) is 0 Å². The number of aliphatic imine (C=N–C) groups is 1. The lowest BCUT2D eigenvalue weighted by Crippen LogP contribution is -2.43. The average Bonchev–Trinajstić information content (AvgIpc) is 2.82. The Bertz CT molecular complexity index is 366. The first-order chi connectivity index (χ1) is 11.8. The first-order valence-electron chi connectivity index (χ1n) is 10.0. The summed E-state index contributed by atoms with van der Waals surface area (Å²) in [5.74, 6) is 0.982. The molecule has 0 spiro atoms. The molecule has 2 N–H and O–H groups in total. The number of hydrogen-bond donors (Lipinski definition) is 2. The Morgan fingerprint density at radius 3 is 2.36 bits per heavy atom. The van der Waals surface area contributed by atoms with Crippen molar-refractivity contribution in [3.63, 3.8) is 0 Å². The molecule has 0 unspecified atom stereocenters. The summed E-state index contributed by atoms with van der Waals surface area (Å²) in [6.45, 7) is 9.46. The molecule has 1 aliphatic carbocycles. The normalized spacial score (nSPS) is 21.0. The molecule has 1 heterocycles. The van der Waals surface area contributed by atoms with Gasteiger partial charge in [0.1, 0.15) is 0 Å². The van der Waals surface area contributed by atoms with Crippen LogP contribution < -0.4 is 10.6 Å². The zero-order valence-electron chi connectivity index (χ0n) is 16.3. The highest BCUT2D eigenvalue weighted by molar-refractivity contribution is 14.0. The molecule has 0 aromatic carbocycles. The van der Waals surface area contributed by atoms with E-state index in [0.717, 1.165) is 45.2 Å². The van der Waals surface area contributed by atoms with Crippen LogP contribution in [0, 0.1) is 5.41 Å². The summed E-state index contributed by atoms with van der Waals surface area (Å²) in [5, 5.41) is 6.93. The van der Waals surface area contributed by atoms with Gasteiger partial charge >= 0.3 is 0 Å². The van der Waals surface area contributed by atoms with Crippen molar-refractivity contribution < 1.29 is 4.74 Å². The smallest absolute Gasteiger partial charge is 0.191 e. The van der Waals surface area contributed by atoms with E-state index in [1.807, 2.05) is 0 Å². The third-order valence-corrected chi connectivity index (χ3v) is 5.59. The van der Waals surface area contributed by atoms with Crippen molar-refractivity contribution in [2.45, 2.75) is 58.3 Å². The van der Waals surface area contributed by atoms with E-state index in [1.54, 1.807) is 7.11 Å². The predicted molar refractivity (Wildman–Crippen MR) is 117 cm³/mol. The number of nitrogens with zero attached hydrogens (tertiary/aromatic N) is 2. The maximum absolute atomic E-state index is 5.28. The second kappa shape index (κ2) is 13.1. The third-order valence-electron chi connectivity index (χ3n) is 5.59. The molecule has 148 valence electrons. The lowest BCUT2D eigenvalue weighted by atomic mass is 9.67. The molecule has 6 heteroatoms. The molecule has 1 saturated heterocycles. The molecule has 0 aromatic rings. The van der Waals surface area contributed by atoms with Crippen LogP contribution in [0.1, 0.15) is 58.3 Å². The Kier molecular flexibility index (Phi) is 12.1. The SMILES string of the molecule is CCNC(=NCC1(CCOC)CCC1)NCCN1CCCCCC1.I. The van der Waals surface area contributed by atoms with E-state index in [2.05, 4.69) is 22.5 Å². The van der Waals surface area contributed by atoms with Gasteiger partial charge in [0.15, 0.2) is 5.96 Å². The number of methoxy groups -OCH3 is 1. The quantitative estimate of drug-likeness (QED) is 0.311. The van der Waals surface area contributed by atoms with Gasteiger partial charge in [-0.25, -0.2) is 0 Å². The molecule has 25 heavy (non-hydrogen) atoms. The van der Waals surface area contributed by atoms with E-state index in [-0.39, 0.29) is 24.0 Å². The fourth-order valence-corrected chi connectivity index (χ4v) is 3.76. The fourth-order valence-electron chi connectivity index (χ4n) is 3.76. The minimum Gasteiger partial charge on any atom is -0.385 e. The Labute approximate surface area is 171 Å². The van der Waals surface area contributed by atoms with Crippen LogP contribution >= 0.6 is 24.0 Å². The van der Waals surface area contributed by atoms with E-state index in [0.29, 0.717) is 5.41 Å². The van der Waals surface area contributed by atoms with Gasteiger partial charge in [0, 0.05) is 39.9 Å². The molecule has 0 radical (unpaired) electrons. The van der Waals surface area contributed by atoms with Crippen LogP contribution in [0.25, 0.3) is 0 Å². The Hall–Kier alpha value is -0.0800. The van der Waals surface area contributed by atoms with Crippen LogP contribution in [0.15, 0.2) is 4.99 Å². The Morgan fingerprint density at radius 1 is 1.08 bits per heavy atom. The van der Waals surface area contributed by atoms with Crippen LogP contribution in [0.3, 0.4) is 0 Å². The highest BCUT2D eigenvalue weighted by Gasteiger charge is 2.36. The Balaban J connectivity index is 0.00000312. The molecule has 0 bridgehead atoms. The number of guanidine groups is 1. The first kappa shape index (κ1) is 23.0. The summed E-state index contributed by atoms with van der Waals surface area (Å²) >= 11 is 0. The van der Waals surface area contributed by atoms with Crippen LogP contribution in [0.2, 0.25) is 0 Å². The number of halogens is 1. The Morgan fingerprint density at radius 2 is 1.80 bits per heavy atom. The molecular weight excluding hydrogens is 427 g/mol. The van der Waals surface area contributed by atoms with E-state index in [9.17, 15) is 0 Å². The summed E-state index contributed by atoms with van der Waals surface area (Å²) in [6.07, 6.45) is 10.6. The minimum absolute atomic E-state index is 0. The second-order valence-electron chi connectivity index (χ2n) is 7.47. The van der Waals surface area contributed by atoms with Crippen LogP contribution in [-0.4, -0.2) is 63.8 Å². The van der Waals surface area contributed by atoms with Crippen LogP contribution in [-0.2, 0) is 4.74 Å². The molecule has 0 atom stereocenters. The highest BCUT2D eigenvalue weighted by atomic mass is 127. The summed E-state index contributed by atoms with van der Waals surface area (Å²) in [4.78, 5) is 7.47. The van der Waals surface area contributed by atoms with Gasteiger partial charge < -0.3 is 20.3 Å². The van der Waals surface area contributed by atoms with Gasteiger partial charge in [-0.05, 0) is 57.5 Å². The van der Waals surface area contributed by atoms with Gasteiger partial charge in [-0.3, -0.25) is 4.99 Å². The number of nitrogens with one attached hydrogen (secondary N) is 2. The van der Waals surface area contributed by atoms with Crippen LogP contribution in [0.5, 0.6) is 0 Å². The number of hydrogen-bond acceptors (Lipinski definition) is 3. The van der Waals surface area contributed by atoms with Crippen molar-refractivity contribution in [3.8, 4) is 0 Å². The maximum atomic E-state index is 5.28. The molecule has 0 aromatic heterocycles. The maximum Gasteiger partial charge on any atom is 0.191 e. The van der Waals surface area contributed by atoms with E-state index >= 15 is 0 Å². The van der Waals surface area contributed by atoms with Crippen molar-refractivity contribution >= 4 is 29.9 Å². The lowest BCUT2D eigenvalue weighted by molar-refractivity contribution is 0.0778. The lowest BCUT2D eigenvalue weighted by Gasteiger charge is -2.40. The summed E-state index contributed by atoms with van der Waals surface area (Å²) in [7, 11) is 1.80. The van der Waals surface area contributed by atoms with Gasteiger partial charge in [0.2, 0.25) is 0 Å². The number of ether oxygens (including phenoxy) is 1. The van der Waals surface area contributed by atoms with Crippen molar-refractivity contribution in [2.75, 3.05) is 53.0 Å². The third kappa shape index (κ3) is 8.43. The van der Waals surface area contributed by atoms with E-state index < -0.39 is 0 Å². The van der Waals surface area contributed by atoms with Gasteiger partial charge in [-0.15, -0.1) is 24.0 Å². The molecule has 1 aliphatic heterocycles. The summed E-state index contributed by atoms with van der Waals surface area (Å²) < 4.78 is 5.28. The van der Waals surface area contributed by atoms with Crippen molar-refractivity contribution in [3.05, 3.63) is 0 Å².